The third-order valence-electron chi connectivity index (χ3n) is 4.35. The van der Waals surface area contributed by atoms with E-state index in [0.29, 0.717) is 28.4 Å². The van der Waals surface area contributed by atoms with Gasteiger partial charge in [-0.2, -0.15) is 0 Å². The van der Waals surface area contributed by atoms with E-state index in [4.69, 9.17) is 11.6 Å². The molecule has 1 aliphatic rings. The van der Waals surface area contributed by atoms with Gasteiger partial charge < -0.3 is 5.32 Å². The first-order chi connectivity index (χ1) is 12.1. The molecule has 6 heteroatoms. The van der Waals surface area contributed by atoms with Crippen molar-refractivity contribution in [3.8, 4) is 0 Å². The number of nitrogens with one attached hydrogen (secondary N) is 1. The monoisotopic (exact) mass is 392 g/mol. The summed E-state index contributed by atoms with van der Waals surface area (Å²) in [5, 5.41) is 3.34. The Morgan fingerprint density at radius 3 is 2.38 bits per heavy atom. The molecule has 1 fully saturated rings. The molecule has 1 N–H and O–H groups in total. The molecule has 2 aromatic rings. The molecular weight excluding hydrogens is 371 g/mol. The normalized spacial score (nSPS) is 14.3. The van der Waals surface area contributed by atoms with Crippen molar-refractivity contribution >= 4 is 41.4 Å². The minimum Gasteiger partial charge on any atom is -0.324 e. The molecule has 1 heterocycles. The van der Waals surface area contributed by atoms with Gasteiger partial charge in [0, 0.05) is 16.1 Å². The number of hydrogen-bond acceptors (Lipinski definition) is 3. The topological polar surface area (TPSA) is 49.4 Å². The maximum atomic E-state index is 12.8. The molecule has 0 spiro atoms. The highest BCUT2D eigenvalue weighted by molar-refractivity contribution is 6.31. The van der Waals surface area contributed by atoms with Gasteiger partial charge in [-0.05, 0) is 44.1 Å². The van der Waals surface area contributed by atoms with Crippen molar-refractivity contribution in [2.75, 3.05) is 25.0 Å². The Hall–Kier alpha value is -1.88. The average Bonchev–Trinajstić information content (AvgIpc) is 2.64. The molecule has 0 unspecified atom stereocenters. The van der Waals surface area contributed by atoms with Gasteiger partial charge in [-0.25, -0.2) is 0 Å². The lowest BCUT2D eigenvalue weighted by Crippen LogP contribution is -2.37. The Labute approximate surface area is 164 Å². The van der Waals surface area contributed by atoms with E-state index in [1.807, 2.05) is 18.2 Å². The number of rotatable bonds is 5. The molecule has 0 aliphatic carbocycles. The zero-order valence-corrected chi connectivity index (χ0v) is 16.0. The van der Waals surface area contributed by atoms with Gasteiger partial charge in [0.25, 0.3) is 0 Å². The molecule has 26 heavy (non-hydrogen) atoms. The van der Waals surface area contributed by atoms with E-state index in [-0.39, 0.29) is 24.1 Å². The van der Waals surface area contributed by atoms with Crippen LogP contribution in [0.5, 0.6) is 0 Å². The number of hydrogen-bond donors (Lipinski definition) is 1. The van der Waals surface area contributed by atoms with Gasteiger partial charge in [-0.1, -0.05) is 48.4 Å². The molecule has 0 atom stereocenters. The SMILES string of the molecule is Cl.O=C(CN1CCCCC1)Nc1ccc(Cl)cc1C(=O)c1ccccc1. The van der Waals surface area contributed by atoms with Crippen molar-refractivity contribution in [2.24, 2.45) is 0 Å². The fourth-order valence-corrected chi connectivity index (χ4v) is 3.24. The summed E-state index contributed by atoms with van der Waals surface area (Å²) in [5.74, 6) is -0.261. The van der Waals surface area contributed by atoms with Crippen LogP contribution in [0.1, 0.15) is 35.2 Å². The Morgan fingerprint density at radius 1 is 1.00 bits per heavy atom. The van der Waals surface area contributed by atoms with E-state index in [9.17, 15) is 9.59 Å². The lowest BCUT2D eigenvalue weighted by molar-refractivity contribution is -0.117. The van der Waals surface area contributed by atoms with Gasteiger partial charge in [0.1, 0.15) is 0 Å². The van der Waals surface area contributed by atoms with Crippen LogP contribution in [0, 0.1) is 0 Å². The summed E-state index contributed by atoms with van der Waals surface area (Å²) < 4.78 is 0. The molecule has 1 saturated heterocycles. The zero-order valence-electron chi connectivity index (χ0n) is 14.4. The average molecular weight is 393 g/mol. The number of carbonyl (C=O) groups is 2. The number of amides is 1. The molecule has 2 aromatic carbocycles. The Bertz CT molecular complexity index is 760. The summed E-state index contributed by atoms with van der Waals surface area (Å²) in [6, 6.07) is 14.0. The molecule has 0 saturated carbocycles. The summed E-state index contributed by atoms with van der Waals surface area (Å²) >= 11 is 6.07. The van der Waals surface area contributed by atoms with E-state index < -0.39 is 0 Å². The van der Waals surface area contributed by atoms with Crippen LogP contribution in [0.2, 0.25) is 5.02 Å². The van der Waals surface area contributed by atoms with Crippen molar-refractivity contribution < 1.29 is 9.59 Å². The number of benzene rings is 2. The first-order valence-corrected chi connectivity index (χ1v) is 8.93. The molecular formula is C20H22Cl2N2O2. The number of piperidine rings is 1. The summed E-state index contributed by atoms with van der Waals surface area (Å²) in [7, 11) is 0. The van der Waals surface area contributed by atoms with Crippen LogP contribution in [0.4, 0.5) is 5.69 Å². The molecule has 138 valence electrons. The number of ketones is 1. The molecule has 0 radical (unpaired) electrons. The third-order valence-corrected chi connectivity index (χ3v) is 4.59. The lowest BCUT2D eigenvalue weighted by atomic mass is 10.0. The van der Waals surface area contributed by atoms with Gasteiger partial charge in [-0.3, -0.25) is 14.5 Å². The summed E-state index contributed by atoms with van der Waals surface area (Å²) in [6.45, 7) is 2.25. The number of anilines is 1. The van der Waals surface area contributed by atoms with Crippen LogP contribution in [0.25, 0.3) is 0 Å². The van der Waals surface area contributed by atoms with Gasteiger partial charge in [0.15, 0.2) is 5.78 Å². The molecule has 1 amide bonds. The number of halogens is 2. The maximum absolute atomic E-state index is 12.8. The van der Waals surface area contributed by atoms with E-state index in [1.54, 1.807) is 30.3 Å². The smallest absolute Gasteiger partial charge is 0.238 e. The van der Waals surface area contributed by atoms with Crippen molar-refractivity contribution in [3.05, 3.63) is 64.7 Å². The zero-order chi connectivity index (χ0) is 17.6. The Morgan fingerprint density at radius 2 is 1.69 bits per heavy atom. The maximum Gasteiger partial charge on any atom is 0.238 e. The van der Waals surface area contributed by atoms with E-state index in [2.05, 4.69) is 10.2 Å². The highest BCUT2D eigenvalue weighted by atomic mass is 35.5. The summed E-state index contributed by atoms with van der Waals surface area (Å²) in [5.41, 5.74) is 1.47. The van der Waals surface area contributed by atoms with Crippen LogP contribution < -0.4 is 5.32 Å². The molecule has 3 rings (SSSR count). The predicted molar refractivity (Wildman–Crippen MR) is 107 cm³/mol. The Balaban J connectivity index is 0.00000243. The minimum atomic E-state index is -0.156. The van der Waals surface area contributed by atoms with Gasteiger partial charge in [0.2, 0.25) is 5.91 Å². The molecule has 1 aliphatic heterocycles. The van der Waals surface area contributed by atoms with Gasteiger partial charge in [-0.15, -0.1) is 12.4 Å². The standard InChI is InChI=1S/C20H21ClN2O2.ClH/c21-16-9-10-18(22-19(24)14-23-11-5-2-6-12-23)17(13-16)20(25)15-7-3-1-4-8-15;/h1,3-4,7-10,13H,2,5-6,11-12,14H2,(H,22,24);1H. The van der Waals surface area contributed by atoms with Crippen LogP contribution in [-0.2, 0) is 4.79 Å². The fraction of sp³-hybridized carbons (Fsp3) is 0.300. The minimum absolute atomic E-state index is 0. The molecule has 4 nitrogen and oxygen atoms in total. The number of likely N-dealkylation sites (tertiary alicyclic amines) is 1. The van der Waals surface area contributed by atoms with Crippen LogP contribution in [-0.4, -0.2) is 36.2 Å². The lowest BCUT2D eigenvalue weighted by Gasteiger charge is -2.25. The largest absolute Gasteiger partial charge is 0.324 e. The van der Waals surface area contributed by atoms with E-state index >= 15 is 0 Å². The predicted octanol–water partition coefficient (Wildman–Crippen LogP) is 4.42. The van der Waals surface area contributed by atoms with Gasteiger partial charge in [0.05, 0.1) is 12.2 Å². The molecule has 0 aromatic heterocycles. The first kappa shape index (κ1) is 20.4. The van der Waals surface area contributed by atoms with Crippen LogP contribution >= 0.6 is 24.0 Å². The van der Waals surface area contributed by atoms with E-state index in [0.717, 1.165) is 25.9 Å². The highest BCUT2D eigenvalue weighted by Gasteiger charge is 2.18. The number of carbonyl (C=O) groups excluding carboxylic acids is 2. The van der Waals surface area contributed by atoms with Gasteiger partial charge >= 0.3 is 0 Å². The van der Waals surface area contributed by atoms with Crippen molar-refractivity contribution in [3.63, 3.8) is 0 Å². The van der Waals surface area contributed by atoms with Crippen LogP contribution in [0.3, 0.4) is 0 Å². The van der Waals surface area contributed by atoms with Crippen molar-refractivity contribution in [1.29, 1.82) is 0 Å². The number of nitrogens with zero attached hydrogens (tertiary/aromatic N) is 1. The third kappa shape index (κ3) is 5.31. The second-order valence-electron chi connectivity index (χ2n) is 6.27. The fourth-order valence-electron chi connectivity index (χ4n) is 3.07. The quantitative estimate of drug-likeness (QED) is 0.766. The second-order valence-corrected chi connectivity index (χ2v) is 6.71. The molecule has 0 bridgehead atoms. The van der Waals surface area contributed by atoms with Crippen molar-refractivity contribution in [1.82, 2.24) is 4.90 Å². The second kappa shape index (κ2) is 9.72. The van der Waals surface area contributed by atoms with E-state index in [1.165, 1.54) is 6.42 Å². The van der Waals surface area contributed by atoms with Crippen molar-refractivity contribution in [2.45, 2.75) is 19.3 Å². The summed E-state index contributed by atoms with van der Waals surface area (Å²) in [6.07, 6.45) is 3.49. The first-order valence-electron chi connectivity index (χ1n) is 8.55. The Kier molecular flexibility index (Phi) is 7.64. The highest BCUT2D eigenvalue weighted by Crippen LogP contribution is 2.24. The summed E-state index contributed by atoms with van der Waals surface area (Å²) in [4.78, 5) is 27.3. The van der Waals surface area contributed by atoms with Crippen LogP contribution in [0.15, 0.2) is 48.5 Å².